The van der Waals surface area contributed by atoms with E-state index in [0.717, 1.165) is 12.1 Å². The molecular weight excluding hydrogens is 256 g/mol. The van der Waals surface area contributed by atoms with Crippen LogP contribution in [0.15, 0.2) is 12.1 Å². The number of nitrogens with two attached hydrogens (primary N) is 1. The maximum Gasteiger partial charge on any atom is 0.361 e. The molecule has 0 bridgehead atoms. The number of esters is 1. The number of aromatic nitrogens is 1. The summed E-state index contributed by atoms with van der Waals surface area (Å²) in [4.78, 5) is 27.6. The number of ether oxygens (including phenoxy) is 1. The Morgan fingerprint density at radius 1 is 1.21 bits per heavy atom. The van der Waals surface area contributed by atoms with Gasteiger partial charge in [-0.1, -0.05) is 0 Å². The predicted molar refractivity (Wildman–Crippen MR) is 63.2 cm³/mol. The minimum absolute atomic E-state index is 0.437. The Balaban J connectivity index is 2.71. The number of carbonyl (C=O) groups excluding carboxylic acids is 2. The lowest BCUT2D eigenvalue weighted by Crippen LogP contribution is -2.46. The molecule has 0 saturated carbocycles. The molecule has 8 nitrogen and oxygen atoms in total. The van der Waals surface area contributed by atoms with E-state index in [1.165, 1.54) is 0 Å². The highest BCUT2D eigenvalue weighted by atomic mass is 16.7. The van der Waals surface area contributed by atoms with Gasteiger partial charge in [-0.25, -0.2) is 9.59 Å². The Bertz CT molecular complexity index is 468. The number of rotatable bonds is 3. The van der Waals surface area contributed by atoms with Gasteiger partial charge in [-0.3, -0.25) is 0 Å². The van der Waals surface area contributed by atoms with Crippen LogP contribution in [0.5, 0.6) is 11.8 Å². The number of aromatic hydroxyl groups is 2. The maximum absolute atomic E-state index is 11.6. The van der Waals surface area contributed by atoms with Crippen LogP contribution in [0.4, 0.5) is 0 Å². The van der Waals surface area contributed by atoms with Gasteiger partial charge < -0.3 is 25.5 Å². The van der Waals surface area contributed by atoms with Crippen LogP contribution in [0, 0.1) is 0 Å². The number of hydrogen-bond acceptors (Lipinski definition) is 7. The zero-order valence-electron chi connectivity index (χ0n) is 10.8. The van der Waals surface area contributed by atoms with Crippen LogP contribution in [0.3, 0.4) is 0 Å². The lowest BCUT2D eigenvalue weighted by molar-refractivity contribution is -0.164. The minimum atomic E-state index is -1.68. The van der Waals surface area contributed by atoms with Crippen LogP contribution < -0.4 is 10.6 Å². The second-order valence-electron chi connectivity index (χ2n) is 4.77. The molecule has 19 heavy (non-hydrogen) atoms. The van der Waals surface area contributed by atoms with Crippen molar-refractivity contribution in [1.82, 2.24) is 4.73 Å². The van der Waals surface area contributed by atoms with Crippen molar-refractivity contribution in [3.63, 3.8) is 0 Å². The Morgan fingerprint density at radius 3 is 2.11 bits per heavy atom. The van der Waals surface area contributed by atoms with Gasteiger partial charge in [0.05, 0.1) is 0 Å². The fourth-order valence-corrected chi connectivity index (χ4v) is 1.10. The van der Waals surface area contributed by atoms with Gasteiger partial charge in [-0.2, -0.15) is 0 Å². The van der Waals surface area contributed by atoms with E-state index < -0.39 is 35.3 Å². The molecule has 8 heteroatoms. The Labute approximate surface area is 109 Å². The van der Waals surface area contributed by atoms with E-state index in [9.17, 15) is 19.8 Å². The average Bonchev–Trinajstić information content (AvgIpc) is 2.57. The molecule has 0 aliphatic carbocycles. The summed E-state index contributed by atoms with van der Waals surface area (Å²) < 4.78 is 5.34. The molecule has 1 aromatic rings. The van der Waals surface area contributed by atoms with Gasteiger partial charge in [-0.15, -0.1) is 4.73 Å². The average molecular weight is 272 g/mol. The van der Waals surface area contributed by atoms with Gasteiger partial charge >= 0.3 is 11.9 Å². The second kappa shape index (κ2) is 5.19. The molecule has 0 aliphatic heterocycles. The van der Waals surface area contributed by atoms with E-state index >= 15 is 0 Å². The van der Waals surface area contributed by atoms with Gasteiger partial charge in [0.1, 0.15) is 5.60 Å². The van der Waals surface area contributed by atoms with Crippen molar-refractivity contribution < 1.29 is 29.4 Å². The summed E-state index contributed by atoms with van der Waals surface area (Å²) in [6.45, 7) is 4.85. The quantitative estimate of drug-likeness (QED) is 0.501. The van der Waals surface area contributed by atoms with Gasteiger partial charge in [0.25, 0.3) is 0 Å². The van der Waals surface area contributed by atoms with Crippen molar-refractivity contribution in [3.8, 4) is 11.8 Å². The monoisotopic (exact) mass is 272 g/mol. The maximum atomic E-state index is 11.6. The first-order valence-electron chi connectivity index (χ1n) is 5.42. The van der Waals surface area contributed by atoms with E-state index in [0.29, 0.717) is 4.73 Å². The molecule has 0 fully saturated rings. The Morgan fingerprint density at radius 2 is 1.68 bits per heavy atom. The summed E-state index contributed by atoms with van der Waals surface area (Å²) >= 11 is 0. The third-order valence-electron chi connectivity index (χ3n) is 1.89. The Hall–Kier alpha value is -2.22. The first-order valence-corrected chi connectivity index (χ1v) is 5.42. The second-order valence-corrected chi connectivity index (χ2v) is 4.77. The molecule has 1 rings (SSSR count). The van der Waals surface area contributed by atoms with Gasteiger partial charge in [-0.05, 0) is 20.8 Å². The van der Waals surface area contributed by atoms with Gasteiger partial charge in [0.15, 0.2) is 0 Å². The zero-order chi connectivity index (χ0) is 14.8. The molecule has 106 valence electrons. The van der Waals surface area contributed by atoms with E-state index in [4.69, 9.17) is 10.5 Å². The van der Waals surface area contributed by atoms with E-state index in [1.54, 1.807) is 20.8 Å². The lowest BCUT2D eigenvalue weighted by Gasteiger charge is -2.21. The fraction of sp³-hybridized carbons (Fsp3) is 0.455. The van der Waals surface area contributed by atoms with Crippen LogP contribution >= 0.6 is 0 Å². The third-order valence-corrected chi connectivity index (χ3v) is 1.89. The van der Waals surface area contributed by atoms with Gasteiger partial charge in [0.2, 0.25) is 17.8 Å². The molecule has 0 saturated heterocycles. The lowest BCUT2D eigenvalue weighted by atomic mass is 10.2. The normalized spacial score (nSPS) is 12.8. The molecule has 0 amide bonds. The predicted octanol–water partition coefficient (Wildman–Crippen LogP) is -0.476. The van der Waals surface area contributed by atoms with Gasteiger partial charge in [0, 0.05) is 12.1 Å². The van der Waals surface area contributed by atoms with Crippen LogP contribution in [-0.4, -0.2) is 38.5 Å². The van der Waals surface area contributed by atoms with Crippen LogP contribution in [-0.2, 0) is 14.3 Å². The molecule has 0 radical (unpaired) electrons. The van der Waals surface area contributed by atoms with Crippen molar-refractivity contribution >= 4 is 11.9 Å². The molecule has 0 spiro atoms. The van der Waals surface area contributed by atoms with Crippen LogP contribution in [0.1, 0.15) is 20.8 Å². The van der Waals surface area contributed by atoms with Crippen LogP contribution in [0.25, 0.3) is 0 Å². The summed E-state index contributed by atoms with van der Waals surface area (Å²) in [6.07, 6.45) is 0. The van der Waals surface area contributed by atoms with Crippen molar-refractivity contribution in [2.24, 2.45) is 5.73 Å². The largest absolute Gasteiger partial charge is 0.492 e. The van der Waals surface area contributed by atoms with E-state index in [2.05, 4.69) is 4.84 Å². The third kappa shape index (κ3) is 3.88. The van der Waals surface area contributed by atoms with Crippen molar-refractivity contribution in [1.29, 1.82) is 0 Å². The van der Waals surface area contributed by atoms with Crippen molar-refractivity contribution in [2.45, 2.75) is 32.4 Å². The molecule has 0 aliphatic rings. The SMILES string of the molecule is CC(C)(C)OC(=O)C(N)C(=O)On1c(O)ccc1O. The fourth-order valence-electron chi connectivity index (χ4n) is 1.10. The summed E-state index contributed by atoms with van der Waals surface area (Å²) in [6, 6.07) is 0.517. The summed E-state index contributed by atoms with van der Waals surface area (Å²) in [5.41, 5.74) is 4.56. The molecule has 1 heterocycles. The molecule has 1 aromatic heterocycles. The zero-order valence-corrected chi connectivity index (χ0v) is 10.8. The minimum Gasteiger partial charge on any atom is -0.492 e. The Kier molecular flexibility index (Phi) is 4.05. The highest BCUT2D eigenvalue weighted by molar-refractivity contribution is 5.99. The first kappa shape index (κ1) is 14.8. The molecule has 1 unspecified atom stereocenters. The van der Waals surface area contributed by atoms with E-state index in [-0.39, 0.29) is 0 Å². The number of nitrogens with zero attached hydrogens (tertiary/aromatic N) is 1. The standard InChI is InChI=1S/C11H16N2O6/c1-11(2,3)18-9(16)8(12)10(17)19-13-6(14)4-5-7(13)15/h4-5,8,14-15H,12H2,1-3H3. The molecule has 0 aromatic carbocycles. The molecule has 1 atom stereocenters. The number of carbonyl (C=O) groups is 2. The highest BCUT2D eigenvalue weighted by Crippen LogP contribution is 2.18. The summed E-state index contributed by atoms with van der Waals surface area (Å²) in [5.74, 6) is -3.16. The smallest absolute Gasteiger partial charge is 0.361 e. The summed E-state index contributed by atoms with van der Waals surface area (Å²) in [5, 5.41) is 18.5. The van der Waals surface area contributed by atoms with Crippen molar-refractivity contribution in [2.75, 3.05) is 0 Å². The summed E-state index contributed by atoms with van der Waals surface area (Å²) in [7, 11) is 0. The topological polar surface area (TPSA) is 124 Å². The highest BCUT2D eigenvalue weighted by Gasteiger charge is 2.30. The number of hydrogen-bond donors (Lipinski definition) is 3. The molecular formula is C11H16N2O6. The molecule has 4 N–H and O–H groups in total. The van der Waals surface area contributed by atoms with Crippen LogP contribution in [0.2, 0.25) is 0 Å². The van der Waals surface area contributed by atoms with Crippen molar-refractivity contribution in [3.05, 3.63) is 12.1 Å². The van der Waals surface area contributed by atoms with E-state index in [1.807, 2.05) is 0 Å². The first-order chi connectivity index (χ1) is 8.61.